The van der Waals surface area contributed by atoms with E-state index in [9.17, 15) is 9.90 Å². The van der Waals surface area contributed by atoms with Gasteiger partial charge in [0.25, 0.3) is 5.91 Å². The minimum atomic E-state index is -1.30. The second-order valence-electron chi connectivity index (χ2n) is 4.95. The smallest absolute Gasteiger partial charge is 0.256 e. The van der Waals surface area contributed by atoms with Crippen LogP contribution in [0.5, 0.6) is 0 Å². The van der Waals surface area contributed by atoms with Gasteiger partial charge in [0.2, 0.25) is 0 Å². The van der Waals surface area contributed by atoms with Gasteiger partial charge in [-0.2, -0.15) is 0 Å². The first-order valence-corrected chi connectivity index (χ1v) is 6.95. The summed E-state index contributed by atoms with van der Waals surface area (Å²) in [6.45, 7) is 1.61. The molecule has 1 heterocycles. The highest BCUT2D eigenvalue weighted by atomic mass is 79.9. The monoisotopic (exact) mass is 312 g/mol. The molecular formula is C13H17BrN2O2. The molecule has 0 saturated heterocycles. The molecule has 1 unspecified atom stereocenters. The maximum atomic E-state index is 12.1. The third kappa shape index (κ3) is 2.90. The van der Waals surface area contributed by atoms with Gasteiger partial charge in [0.1, 0.15) is 10.2 Å². The summed E-state index contributed by atoms with van der Waals surface area (Å²) >= 11 is 3.24. The van der Waals surface area contributed by atoms with Gasteiger partial charge < -0.3 is 10.4 Å². The molecule has 1 aliphatic carbocycles. The van der Waals surface area contributed by atoms with Gasteiger partial charge in [-0.3, -0.25) is 4.79 Å². The van der Waals surface area contributed by atoms with Crippen molar-refractivity contribution in [2.24, 2.45) is 5.92 Å². The Morgan fingerprint density at radius 1 is 1.56 bits per heavy atom. The van der Waals surface area contributed by atoms with Gasteiger partial charge in [0, 0.05) is 11.9 Å². The fourth-order valence-electron chi connectivity index (χ4n) is 2.41. The van der Waals surface area contributed by atoms with Crippen molar-refractivity contribution < 1.29 is 9.90 Å². The number of rotatable bonds is 3. The Bertz CT molecular complexity index is 442. The number of pyridine rings is 1. The number of aromatic nitrogens is 1. The van der Waals surface area contributed by atoms with Crippen LogP contribution in [0.2, 0.25) is 0 Å². The molecule has 2 N–H and O–H groups in total. The van der Waals surface area contributed by atoms with Crippen LogP contribution in [0.25, 0.3) is 0 Å². The quantitative estimate of drug-likeness (QED) is 0.844. The zero-order valence-electron chi connectivity index (χ0n) is 10.3. The molecule has 0 aliphatic heterocycles. The third-order valence-electron chi connectivity index (χ3n) is 3.59. The summed E-state index contributed by atoms with van der Waals surface area (Å²) in [7, 11) is 0. The van der Waals surface area contributed by atoms with Crippen molar-refractivity contribution in [3.63, 3.8) is 0 Å². The minimum Gasteiger partial charge on any atom is -0.380 e. The summed E-state index contributed by atoms with van der Waals surface area (Å²) in [5.74, 6) is -0.282. The lowest BCUT2D eigenvalue weighted by Crippen LogP contribution is -2.45. The zero-order chi connectivity index (χ0) is 13.2. The van der Waals surface area contributed by atoms with Crippen molar-refractivity contribution in [3.8, 4) is 0 Å². The average molecular weight is 313 g/mol. The Morgan fingerprint density at radius 3 is 2.83 bits per heavy atom. The maximum Gasteiger partial charge on any atom is 0.256 e. The third-order valence-corrected chi connectivity index (χ3v) is 4.03. The Kier molecular flexibility index (Phi) is 4.02. The number of aliphatic hydroxyl groups is 1. The molecule has 0 bridgehead atoms. The number of carbonyl (C=O) groups excluding carboxylic acids is 1. The van der Waals surface area contributed by atoms with Crippen LogP contribution in [0.15, 0.2) is 22.9 Å². The largest absolute Gasteiger partial charge is 0.380 e. The van der Waals surface area contributed by atoms with E-state index in [-0.39, 0.29) is 11.8 Å². The SMILES string of the molecule is CC(O)(C(=O)Nc1ccnc(Br)c1)C1CCCC1. The number of nitrogens with zero attached hydrogens (tertiary/aromatic N) is 1. The number of anilines is 1. The van der Waals surface area contributed by atoms with Gasteiger partial charge in [-0.05, 0) is 53.7 Å². The number of amides is 1. The molecule has 0 aromatic carbocycles. The lowest BCUT2D eigenvalue weighted by Gasteiger charge is -2.28. The normalized spacial score (nSPS) is 19.5. The summed E-state index contributed by atoms with van der Waals surface area (Å²) in [6.07, 6.45) is 5.62. The fourth-order valence-corrected chi connectivity index (χ4v) is 2.78. The predicted octanol–water partition coefficient (Wildman–Crippen LogP) is 2.72. The number of carbonyl (C=O) groups is 1. The predicted molar refractivity (Wildman–Crippen MR) is 73.1 cm³/mol. The van der Waals surface area contributed by atoms with Gasteiger partial charge in [-0.15, -0.1) is 0 Å². The van der Waals surface area contributed by atoms with Crippen LogP contribution in [-0.2, 0) is 4.79 Å². The Balaban J connectivity index is 2.06. The van der Waals surface area contributed by atoms with Gasteiger partial charge in [-0.25, -0.2) is 4.98 Å². The van der Waals surface area contributed by atoms with Gasteiger partial charge in [0.05, 0.1) is 0 Å². The van der Waals surface area contributed by atoms with Gasteiger partial charge in [-0.1, -0.05) is 12.8 Å². The van der Waals surface area contributed by atoms with E-state index in [1.807, 2.05) is 0 Å². The summed E-state index contributed by atoms with van der Waals surface area (Å²) in [5.41, 5.74) is -0.660. The molecule has 0 spiro atoms. The lowest BCUT2D eigenvalue weighted by molar-refractivity contribution is -0.137. The lowest BCUT2D eigenvalue weighted by atomic mass is 9.87. The number of nitrogens with one attached hydrogen (secondary N) is 1. The number of hydrogen-bond acceptors (Lipinski definition) is 3. The molecule has 18 heavy (non-hydrogen) atoms. The first-order valence-electron chi connectivity index (χ1n) is 6.15. The number of halogens is 1. The van der Waals surface area contributed by atoms with E-state index in [4.69, 9.17) is 0 Å². The van der Waals surface area contributed by atoms with Crippen LogP contribution in [0.3, 0.4) is 0 Å². The van der Waals surface area contributed by atoms with Crippen molar-refractivity contribution in [1.29, 1.82) is 0 Å². The molecule has 1 aliphatic rings. The van der Waals surface area contributed by atoms with Crippen LogP contribution >= 0.6 is 15.9 Å². The van der Waals surface area contributed by atoms with Crippen molar-refractivity contribution in [1.82, 2.24) is 4.98 Å². The second-order valence-corrected chi connectivity index (χ2v) is 5.76. The Morgan fingerprint density at radius 2 is 2.22 bits per heavy atom. The van der Waals surface area contributed by atoms with Gasteiger partial charge in [0.15, 0.2) is 0 Å². The van der Waals surface area contributed by atoms with E-state index in [1.165, 1.54) is 0 Å². The Labute approximate surface area is 115 Å². The van der Waals surface area contributed by atoms with E-state index in [2.05, 4.69) is 26.2 Å². The maximum absolute atomic E-state index is 12.1. The first-order chi connectivity index (χ1) is 8.50. The van der Waals surface area contributed by atoms with E-state index in [0.29, 0.717) is 10.3 Å². The van der Waals surface area contributed by atoms with E-state index < -0.39 is 5.60 Å². The molecule has 0 radical (unpaired) electrons. The second kappa shape index (κ2) is 5.36. The fraction of sp³-hybridized carbons (Fsp3) is 0.538. The molecule has 1 atom stereocenters. The van der Waals surface area contributed by atoms with E-state index >= 15 is 0 Å². The summed E-state index contributed by atoms with van der Waals surface area (Å²) < 4.78 is 0.654. The summed E-state index contributed by atoms with van der Waals surface area (Å²) in [5, 5.41) is 13.1. The summed E-state index contributed by atoms with van der Waals surface area (Å²) in [6, 6.07) is 3.41. The highest BCUT2D eigenvalue weighted by Crippen LogP contribution is 2.34. The highest BCUT2D eigenvalue weighted by Gasteiger charge is 2.40. The van der Waals surface area contributed by atoms with Crippen molar-refractivity contribution in [2.45, 2.75) is 38.2 Å². The molecule has 4 nitrogen and oxygen atoms in total. The van der Waals surface area contributed by atoms with Crippen LogP contribution in [-0.4, -0.2) is 21.6 Å². The molecular weight excluding hydrogens is 296 g/mol. The standard InChI is InChI=1S/C13H17BrN2O2/c1-13(18,9-4-2-3-5-9)12(17)16-10-6-7-15-11(14)8-10/h6-9,18H,2-5H2,1H3,(H,15,16,17). The minimum absolute atomic E-state index is 0.0581. The van der Waals surface area contributed by atoms with Crippen molar-refractivity contribution >= 4 is 27.5 Å². The topological polar surface area (TPSA) is 62.2 Å². The highest BCUT2D eigenvalue weighted by molar-refractivity contribution is 9.10. The molecule has 1 aromatic rings. The van der Waals surface area contributed by atoms with Crippen LogP contribution in [0.4, 0.5) is 5.69 Å². The molecule has 1 aromatic heterocycles. The van der Waals surface area contributed by atoms with Crippen molar-refractivity contribution in [3.05, 3.63) is 22.9 Å². The van der Waals surface area contributed by atoms with Crippen molar-refractivity contribution in [2.75, 3.05) is 5.32 Å². The molecule has 1 fully saturated rings. The molecule has 1 saturated carbocycles. The number of hydrogen-bond donors (Lipinski definition) is 2. The summed E-state index contributed by atoms with van der Waals surface area (Å²) in [4.78, 5) is 16.1. The molecule has 1 amide bonds. The molecule has 2 rings (SSSR count). The van der Waals surface area contributed by atoms with E-state index in [1.54, 1.807) is 25.3 Å². The average Bonchev–Trinajstić information content (AvgIpc) is 2.82. The van der Waals surface area contributed by atoms with Crippen LogP contribution in [0, 0.1) is 5.92 Å². The van der Waals surface area contributed by atoms with Crippen LogP contribution in [0.1, 0.15) is 32.6 Å². The Hall–Kier alpha value is -0.940. The molecule has 98 valence electrons. The molecule has 5 heteroatoms. The zero-order valence-corrected chi connectivity index (χ0v) is 11.9. The van der Waals surface area contributed by atoms with Gasteiger partial charge >= 0.3 is 0 Å². The first kappa shape index (κ1) is 13.5. The van der Waals surface area contributed by atoms with E-state index in [0.717, 1.165) is 25.7 Å². The van der Waals surface area contributed by atoms with Crippen LogP contribution < -0.4 is 5.32 Å².